The fourth-order valence-electron chi connectivity index (χ4n) is 4.84. The standard InChI is InChI=1S/C31H38N4O2/c1-2-3-4-5-6-7-8-9-10-13-23-32-30-20-21-31(28-15-12-11-14-27(28)30)34-24-22-29(33-34)25-16-18-26(19-17-25)35(36)37/h11-12,14-22,24,32H,2-10,13,23H2,1H3. The molecule has 194 valence electrons. The number of nitro groups is 1. The van der Waals surface area contributed by atoms with Crippen LogP contribution in [-0.2, 0) is 0 Å². The molecule has 0 aliphatic carbocycles. The largest absolute Gasteiger partial charge is 0.385 e. The van der Waals surface area contributed by atoms with E-state index in [-0.39, 0.29) is 10.6 Å². The molecule has 0 aliphatic heterocycles. The van der Waals surface area contributed by atoms with Gasteiger partial charge in [0.25, 0.3) is 5.69 Å². The van der Waals surface area contributed by atoms with Crippen LogP contribution in [0.1, 0.15) is 71.1 Å². The van der Waals surface area contributed by atoms with Gasteiger partial charge in [-0.3, -0.25) is 10.1 Å². The normalized spacial score (nSPS) is 11.2. The Morgan fingerprint density at radius 1 is 0.784 bits per heavy atom. The molecule has 1 heterocycles. The highest BCUT2D eigenvalue weighted by molar-refractivity contribution is 5.99. The van der Waals surface area contributed by atoms with Gasteiger partial charge in [0.1, 0.15) is 0 Å². The number of hydrogen-bond donors (Lipinski definition) is 1. The molecule has 0 fully saturated rings. The van der Waals surface area contributed by atoms with E-state index in [1.807, 2.05) is 16.9 Å². The van der Waals surface area contributed by atoms with Gasteiger partial charge >= 0.3 is 0 Å². The average molecular weight is 499 g/mol. The third-order valence-corrected chi connectivity index (χ3v) is 6.96. The number of unbranched alkanes of at least 4 members (excludes halogenated alkanes) is 9. The highest BCUT2D eigenvalue weighted by Gasteiger charge is 2.11. The molecule has 0 atom stereocenters. The number of rotatable bonds is 15. The van der Waals surface area contributed by atoms with E-state index in [2.05, 4.69) is 48.6 Å². The van der Waals surface area contributed by atoms with E-state index in [4.69, 9.17) is 5.10 Å². The van der Waals surface area contributed by atoms with Crippen molar-refractivity contribution in [2.45, 2.75) is 71.1 Å². The van der Waals surface area contributed by atoms with Crippen LogP contribution in [-0.4, -0.2) is 21.2 Å². The number of non-ortho nitro benzene ring substituents is 1. The summed E-state index contributed by atoms with van der Waals surface area (Å²) in [7, 11) is 0. The summed E-state index contributed by atoms with van der Waals surface area (Å²) in [6.07, 6.45) is 15.3. The van der Waals surface area contributed by atoms with Crippen molar-refractivity contribution in [3.8, 4) is 16.9 Å². The van der Waals surface area contributed by atoms with E-state index in [9.17, 15) is 10.1 Å². The number of nitro benzene ring substituents is 1. The number of fused-ring (bicyclic) bond motifs is 1. The van der Waals surface area contributed by atoms with E-state index in [1.165, 1.54) is 81.7 Å². The zero-order valence-corrected chi connectivity index (χ0v) is 21.9. The molecule has 3 aromatic carbocycles. The molecule has 0 saturated carbocycles. The second-order valence-corrected chi connectivity index (χ2v) is 9.74. The van der Waals surface area contributed by atoms with Crippen LogP contribution >= 0.6 is 0 Å². The quantitative estimate of drug-likeness (QED) is 0.101. The van der Waals surface area contributed by atoms with Gasteiger partial charge in [0.05, 0.1) is 16.3 Å². The molecular weight excluding hydrogens is 460 g/mol. The van der Waals surface area contributed by atoms with Gasteiger partial charge in [-0.25, -0.2) is 4.68 Å². The minimum atomic E-state index is -0.388. The maximum Gasteiger partial charge on any atom is 0.269 e. The Morgan fingerprint density at radius 3 is 2.11 bits per heavy atom. The lowest BCUT2D eigenvalue weighted by atomic mass is 10.1. The van der Waals surface area contributed by atoms with Gasteiger partial charge in [0, 0.05) is 46.9 Å². The van der Waals surface area contributed by atoms with Gasteiger partial charge in [0.15, 0.2) is 0 Å². The predicted octanol–water partition coefficient (Wildman–Crippen LogP) is 8.93. The van der Waals surface area contributed by atoms with Gasteiger partial charge < -0.3 is 5.32 Å². The fraction of sp³-hybridized carbons (Fsp3) is 0.387. The van der Waals surface area contributed by atoms with Crippen molar-refractivity contribution >= 4 is 22.1 Å². The lowest BCUT2D eigenvalue weighted by Gasteiger charge is -2.13. The molecule has 0 spiro atoms. The minimum Gasteiger partial charge on any atom is -0.385 e. The Hall–Kier alpha value is -3.67. The Bertz CT molecular complexity index is 1280. The number of benzene rings is 3. The summed E-state index contributed by atoms with van der Waals surface area (Å²) in [5.74, 6) is 0. The zero-order valence-electron chi connectivity index (χ0n) is 21.9. The SMILES string of the molecule is CCCCCCCCCCCCNc1ccc(-n2ccc(-c3ccc([N+](=O)[O-])cc3)n2)c2ccccc12. The lowest BCUT2D eigenvalue weighted by Crippen LogP contribution is -2.03. The zero-order chi connectivity index (χ0) is 25.9. The second-order valence-electron chi connectivity index (χ2n) is 9.74. The first-order chi connectivity index (χ1) is 18.2. The average Bonchev–Trinajstić information content (AvgIpc) is 3.42. The molecule has 0 bridgehead atoms. The molecule has 37 heavy (non-hydrogen) atoms. The van der Waals surface area contributed by atoms with Crippen LogP contribution in [0, 0.1) is 10.1 Å². The summed E-state index contributed by atoms with van der Waals surface area (Å²) < 4.78 is 1.88. The number of hydrogen-bond acceptors (Lipinski definition) is 4. The molecule has 0 amide bonds. The molecule has 0 aliphatic rings. The molecule has 0 unspecified atom stereocenters. The highest BCUT2D eigenvalue weighted by Crippen LogP contribution is 2.30. The first kappa shape index (κ1) is 26.4. The third kappa shape index (κ3) is 7.19. The van der Waals surface area contributed by atoms with Crippen LogP contribution < -0.4 is 5.32 Å². The molecule has 6 heteroatoms. The number of nitrogens with one attached hydrogen (secondary N) is 1. The van der Waals surface area contributed by atoms with Crippen molar-refractivity contribution in [2.75, 3.05) is 11.9 Å². The number of aromatic nitrogens is 2. The Balaban J connectivity index is 1.34. The summed E-state index contributed by atoms with van der Waals surface area (Å²) in [6, 6.07) is 21.1. The van der Waals surface area contributed by atoms with Crippen LogP contribution in [0.15, 0.2) is 72.9 Å². The second kappa shape index (κ2) is 13.6. The van der Waals surface area contributed by atoms with Crippen molar-refractivity contribution < 1.29 is 4.92 Å². The van der Waals surface area contributed by atoms with Gasteiger partial charge in [-0.05, 0) is 36.8 Å². The molecule has 4 aromatic rings. The topological polar surface area (TPSA) is 73.0 Å². The van der Waals surface area contributed by atoms with Gasteiger partial charge in [-0.15, -0.1) is 0 Å². The minimum absolute atomic E-state index is 0.0788. The van der Waals surface area contributed by atoms with Crippen molar-refractivity contribution in [3.63, 3.8) is 0 Å². The fourth-order valence-corrected chi connectivity index (χ4v) is 4.84. The van der Waals surface area contributed by atoms with Crippen LogP contribution in [0.2, 0.25) is 0 Å². The Morgan fingerprint density at radius 2 is 1.43 bits per heavy atom. The van der Waals surface area contributed by atoms with Crippen LogP contribution in [0.5, 0.6) is 0 Å². The van der Waals surface area contributed by atoms with Crippen molar-refractivity contribution in [1.82, 2.24) is 9.78 Å². The Kier molecular flexibility index (Phi) is 9.69. The van der Waals surface area contributed by atoms with Crippen molar-refractivity contribution in [3.05, 3.63) is 83.0 Å². The predicted molar refractivity (Wildman–Crippen MR) is 153 cm³/mol. The third-order valence-electron chi connectivity index (χ3n) is 6.96. The molecule has 0 saturated heterocycles. The van der Waals surface area contributed by atoms with Crippen molar-refractivity contribution in [1.29, 1.82) is 0 Å². The monoisotopic (exact) mass is 498 g/mol. The summed E-state index contributed by atoms with van der Waals surface area (Å²) in [6.45, 7) is 3.25. The molecule has 6 nitrogen and oxygen atoms in total. The van der Waals surface area contributed by atoms with Crippen LogP contribution in [0.3, 0.4) is 0 Å². The molecule has 0 radical (unpaired) electrons. The molecule has 4 rings (SSSR count). The summed E-state index contributed by atoms with van der Waals surface area (Å²) in [4.78, 5) is 10.6. The van der Waals surface area contributed by atoms with Crippen LogP contribution in [0.4, 0.5) is 11.4 Å². The summed E-state index contributed by atoms with van der Waals surface area (Å²) in [5, 5.41) is 21.7. The van der Waals surface area contributed by atoms with E-state index in [0.29, 0.717) is 0 Å². The van der Waals surface area contributed by atoms with E-state index >= 15 is 0 Å². The molecule has 1 aromatic heterocycles. The molecular formula is C31H38N4O2. The number of nitrogens with zero attached hydrogens (tertiary/aromatic N) is 3. The van der Waals surface area contributed by atoms with Gasteiger partial charge in [0.2, 0.25) is 0 Å². The number of anilines is 1. The van der Waals surface area contributed by atoms with E-state index < -0.39 is 0 Å². The van der Waals surface area contributed by atoms with Crippen molar-refractivity contribution in [2.24, 2.45) is 0 Å². The summed E-state index contributed by atoms with van der Waals surface area (Å²) in [5.41, 5.74) is 3.87. The van der Waals surface area contributed by atoms with E-state index in [1.54, 1.807) is 12.1 Å². The molecule has 1 N–H and O–H groups in total. The van der Waals surface area contributed by atoms with E-state index in [0.717, 1.165) is 34.6 Å². The van der Waals surface area contributed by atoms with Gasteiger partial charge in [-0.1, -0.05) is 89.0 Å². The first-order valence-corrected chi connectivity index (χ1v) is 13.7. The first-order valence-electron chi connectivity index (χ1n) is 13.7. The Labute approximate surface area is 219 Å². The summed E-state index contributed by atoms with van der Waals surface area (Å²) >= 11 is 0. The smallest absolute Gasteiger partial charge is 0.269 e. The highest BCUT2D eigenvalue weighted by atomic mass is 16.6. The lowest BCUT2D eigenvalue weighted by molar-refractivity contribution is -0.384. The maximum absolute atomic E-state index is 10.9. The van der Waals surface area contributed by atoms with Gasteiger partial charge in [-0.2, -0.15) is 5.10 Å². The van der Waals surface area contributed by atoms with Crippen LogP contribution in [0.25, 0.3) is 27.7 Å². The maximum atomic E-state index is 10.9.